The summed E-state index contributed by atoms with van der Waals surface area (Å²) in [6.45, 7) is 6.00. The van der Waals surface area contributed by atoms with Crippen LogP contribution in [0.3, 0.4) is 0 Å². The van der Waals surface area contributed by atoms with Crippen molar-refractivity contribution in [3.63, 3.8) is 0 Å². The fraction of sp³-hybridized carbons (Fsp3) is 0.579. The summed E-state index contributed by atoms with van der Waals surface area (Å²) in [5, 5.41) is 5.78. The molecule has 1 fully saturated rings. The Labute approximate surface area is 153 Å². The van der Waals surface area contributed by atoms with Crippen molar-refractivity contribution < 1.29 is 9.59 Å². The molecule has 1 unspecified atom stereocenters. The zero-order valence-corrected chi connectivity index (χ0v) is 15.7. The molecule has 2 heterocycles. The van der Waals surface area contributed by atoms with Gasteiger partial charge in [0.2, 0.25) is 5.91 Å². The van der Waals surface area contributed by atoms with Crippen molar-refractivity contribution in [3.8, 4) is 0 Å². The van der Waals surface area contributed by atoms with E-state index in [0.29, 0.717) is 12.1 Å². The summed E-state index contributed by atoms with van der Waals surface area (Å²) in [5.41, 5.74) is 1.34. The summed E-state index contributed by atoms with van der Waals surface area (Å²) < 4.78 is 0. The van der Waals surface area contributed by atoms with Gasteiger partial charge in [0, 0.05) is 17.0 Å². The fourth-order valence-electron chi connectivity index (χ4n) is 3.32. The van der Waals surface area contributed by atoms with E-state index in [2.05, 4.69) is 15.5 Å². The summed E-state index contributed by atoms with van der Waals surface area (Å²) in [6.07, 6.45) is 6.26. The van der Waals surface area contributed by atoms with Crippen molar-refractivity contribution in [2.24, 2.45) is 0 Å². The summed E-state index contributed by atoms with van der Waals surface area (Å²) in [7, 11) is 0. The number of amides is 2. The summed E-state index contributed by atoms with van der Waals surface area (Å²) >= 11 is 1.53. The van der Waals surface area contributed by atoms with Gasteiger partial charge in [-0.15, -0.1) is 11.8 Å². The third-order valence-corrected chi connectivity index (χ3v) is 5.99. The minimum Gasteiger partial charge on any atom is -0.352 e. The molecule has 6 heteroatoms. The van der Waals surface area contributed by atoms with Crippen molar-refractivity contribution in [2.45, 2.75) is 49.2 Å². The largest absolute Gasteiger partial charge is 0.352 e. The maximum absolute atomic E-state index is 12.3. The number of carbonyl (C=O) groups excluding carboxylic acids is 2. The monoisotopic (exact) mass is 361 g/mol. The normalized spacial score (nSPS) is 21.2. The molecule has 2 aliphatic rings. The van der Waals surface area contributed by atoms with Crippen LogP contribution in [0.25, 0.3) is 0 Å². The second kappa shape index (κ2) is 8.72. The predicted molar refractivity (Wildman–Crippen MR) is 102 cm³/mol. The van der Waals surface area contributed by atoms with Crippen molar-refractivity contribution in [1.82, 2.24) is 10.2 Å². The third kappa shape index (κ3) is 4.98. The van der Waals surface area contributed by atoms with Gasteiger partial charge in [0.05, 0.1) is 10.9 Å². The van der Waals surface area contributed by atoms with Gasteiger partial charge >= 0.3 is 0 Å². The van der Waals surface area contributed by atoms with Gasteiger partial charge in [-0.25, -0.2) is 0 Å². The second-order valence-corrected chi connectivity index (χ2v) is 8.21. The van der Waals surface area contributed by atoms with Crippen LogP contribution < -0.4 is 10.6 Å². The molecule has 0 aliphatic carbocycles. The van der Waals surface area contributed by atoms with Crippen LogP contribution in [0.2, 0.25) is 0 Å². The van der Waals surface area contributed by atoms with Crippen LogP contribution in [0.4, 0.5) is 5.69 Å². The van der Waals surface area contributed by atoms with E-state index in [1.165, 1.54) is 50.5 Å². The Balaban J connectivity index is 1.47. The molecule has 1 aromatic carbocycles. The molecule has 25 heavy (non-hydrogen) atoms. The van der Waals surface area contributed by atoms with E-state index in [4.69, 9.17) is 0 Å². The van der Waals surface area contributed by atoms with E-state index >= 15 is 0 Å². The standard InChI is InChI=1S/C19H27N3O2S/c1-14-18(23)21-16-13-15(7-8-17(16)25-14)19(24)20-9-6-12-22-10-4-2-3-5-11-22/h7-8,13-14H,2-6,9-12H2,1H3,(H,20,24)(H,21,23). The van der Waals surface area contributed by atoms with Crippen LogP contribution in [0.5, 0.6) is 0 Å². The SMILES string of the molecule is CC1Sc2ccc(C(=O)NCCCN3CCCCCC3)cc2NC1=O. The number of rotatable bonds is 5. The van der Waals surface area contributed by atoms with Crippen molar-refractivity contribution in [1.29, 1.82) is 0 Å². The molecule has 3 rings (SSSR count). The van der Waals surface area contributed by atoms with Gasteiger partial charge in [0.15, 0.2) is 0 Å². The Hall–Kier alpha value is -1.53. The number of benzene rings is 1. The van der Waals surface area contributed by atoms with Crippen LogP contribution in [0.15, 0.2) is 23.1 Å². The maximum Gasteiger partial charge on any atom is 0.251 e. The van der Waals surface area contributed by atoms with E-state index in [0.717, 1.165) is 23.5 Å². The number of nitrogens with zero attached hydrogens (tertiary/aromatic N) is 1. The first-order chi connectivity index (χ1) is 12.1. The molecule has 0 saturated carbocycles. The van der Waals surface area contributed by atoms with E-state index in [1.807, 2.05) is 19.1 Å². The van der Waals surface area contributed by atoms with E-state index in [-0.39, 0.29) is 17.1 Å². The van der Waals surface area contributed by atoms with Gasteiger partial charge < -0.3 is 15.5 Å². The summed E-state index contributed by atoms with van der Waals surface area (Å²) in [4.78, 5) is 27.6. The van der Waals surface area contributed by atoms with Gasteiger partial charge in [-0.3, -0.25) is 9.59 Å². The predicted octanol–water partition coefficient (Wildman–Crippen LogP) is 3.12. The molecular weight excluding hydrogens is 334 g/mol. The first kappa shape index (κ1) is 18.3. The number of thioether (sulfide) groups is 1. The minimum absolute atomic E-state index is 0.00694. The Morgan fingerprint density at radius 1 is 1.28 bits per heavy atom. The molecule has 1 saturated heterocycles. The first-order valence-electron chi connectivity index (χ1n) is 9.25. The number of anilines is 1. The average Bonchev–Trinajstić information content (AvgIpc) is 2.88. The van der Waals surface area contributed by atoms with Gasteiger partial charge in [-0.1, -0.05) is 12.8 Å². The number of likely N-dealkylation sites (tertiary alicyclic amines) is 1. The van der Waals surface area contributed by atoms with E-state index in [1.54, 1.807) is 6.07 Å². The molecule has 0 radical (unpaired) electrons. The zero-order chi connectivity index (χ0) is 17.6. The smallest absolute Gasteiger partial charge is 0.251 e. The highest BCUT2D eigenvalue weighted by molar-refractivity contribution is 8.00. The lowest BCUT2D eigenvalue weighted by atomic mass is 10.1. The Kier molecular flexibility index (Phi) is 6.37. The van der Waals surface area contributed by atoms with Crippen LogP contribution in [0, 0.1) is 0 Å². The van der Waals surface area contributed by atoms with Gasteiger partial charge in [-0.2, -0.15) is 0 Å². The first-order valence-corrected chi connectivity index (χ1v) is 10.1. The Bertz CT molecular complexity index is 627. The van der Waals surface area contributed by atoms with Crippen LogP contribution in [0.1, 0.15) is 49.4 Å². The van der Waals surface area contributed by atoms with Crippen LogP contribution >= 0.6 is 11.8 Å². The second-order valence-electron chi connectivity index (χ2n) is 6.83. The molecule has 0 aromatic heterocycles. The molecule has 0 spiro atoms. The number of hydrogen-bond acceptors (Lipinski definition) is 4. The number of nitrogens with one attached hydrogen (secondary N) is 2. The molecule has 1 atom stereocenters. The molecule has 2 aliphatic heterocycles. The zero-order valence-electron chi connectivity index (χ0n) is 14.8. The van der Waals surface area contributed by atoms with Crippen LogP contribution in [-0.2, 0) is 4.79 Å². The summed E-state index contributed by atoms with van der Waals surface area (Å²) in [6, 6.07) is 5.53. The maximum atomic E-state index is 12.3. The van der Waals surface area contributed by atoms with Crippen molar-refractivity contribution in [2.75, 3.05) is 31.5 Å². The van der Waals surface area contributed by atoms with E-state index < -0.39 is 0 Å². The van der Waals surface area contributed by atoms with Crippen molar-refractivity contribution >= 4 is 29.3 Å². The van der Waals surface area contributed by atoms with E-state index in [9.17, 15) is 9.59 Å². The molecular formula is C19H27N3O2S. The van der Waals surface area contributed by atoms with Gasteiger partial charge in [0.1, 0.15) is 0 Å². The third-order valence-electron chi connectivity index (χ3n) is 4.81. The molecule has 2 amide bonds. The molecule has 2 N–H and O–H groups in total. The minimum atomic E-state index is -0.0915. The Morgan fingerprint density at radius 2 is 2.04 bits per heavy atom. The quantitative estimate of drug-likeness (QED) is 0.791. The number of fused-ring (bicyclic) bond motifs is 1. The lowest BCUT2D eigenvalue weighted by Crippen LogP contribution is -2.31. The lowest BCUT2D eigenvalue weighted by Gasteiger charge is -2.22. The highest BCUT2D eigenvalue weighted by Crippen LogP contribution is 2.35. The Morgan fingerprint density at radius 3 is 2.80 bits per heavy atom. The molecule has 136 valence electrons. The highest BCUT2D eigenvalue weighted by Gasteiger charge is 2.23. The topological polar surface area (TPSA) is 61.4 Å². The highest BCUT2D eigenvalue weighted by atomic mass is 32.2. The summed E-state index contributed by atoms with van der Waals surface area (Å²) in [5.74, 6) is -0.0796. The average molecular weight is 362 g/mol. The lowest BCUT2D eigenvalue weighted by molar-refractivity contribution is -0.115. The molecule has 1 aromatic rings. The van der Waals surface area contributed by atoms with Crippen LogP contribution in [-0.4, -0.2) is 48.1 Å². The number of carbonyl (C=O) groups is 2. The fourth-order valence-corrected chi connectivity index (χ4v) is 4.25. The molecule has 5 nitrogen and oxygen atoms in total. The molecule has 0 bridgehead atoms. The van der Waals surface area contributed by atoms with Gasteiger partial charge in [-0.05, 0) is 64.0 Å². The van der Waals surface area contributed by atoms with Crippen molar-refractivity contribution in [3.05, 3.63) is 23.8 Å². The van der Waals surface area contributed by atoms with Gasteiger partial charge in [0.25, 0.3) is 5.91 Å². The number of hydrogen-bond donors (Lipinski definition) is 2.